The molecule has 0 saturated carbocycles. The molecule has 1 aromatic heterocycles. The molecule has 0 fully saturated rings. The van der Waals surface area contributed by atoms with Gasteiger partial charge in [-0.2, -0.15) is 5.10 Å². The highest BCUT2D eigenvalue weighted by Gasteiger charge is 1.99. The highest BCUT2D eigenvalue weighted by atomic mass is 16.2. The van der Waals surface area contributed by atoms with Gasteiger partial charge in [0.15, 0.2) is 0 Å². The van der Waals surface area contributed by atoms with Crippen molar-refractivity contribution in [3.8, 4) is 0 Å². The molecule has 5 nitrogen and oxygen atoms in total. The number of urea groups is 1. The van der Waals surface area contributed by atoms with Crippen LogP contribution in [0.2, 0.25) is 0 Å². The Kier molecular flexibility index (Phi) is 3.50. The third-order valence-electron chi connectivity index (χ3n) is 1.95. The number of nitrogens with one attached hydrogen (secondary N) is 1. The Balaban J connectivity index is 2.31. The van der Waals surface area contributed by atoms with Crippen molar-refractivity contribution in [3.05, 3.63) is 17.5 Å². The molecule has 0 radical (unpaired) electrons. The number of hydrogen-bond donors (Lipinski definition) is 2. The predicted octanol–water partition coefficient (Wildman–Crippen LogP) is 0.558. The molecule has 0 aliphatic heterocycles. The smallest absolute Gasteiger partial charge is 0.312 e. The van der Waals surface area contributed by atoms with Crippen molar-refractivity contribution in [1.82, 2.24) is 15.1 Å². The van der Waals surface area contributed by atoms with Crippen LogP contribution in [0, 0.1) is 13.8 Å². The second-order valence-electron chi connectivity index (χ2n) is 3.29. The number of aryl methyl sites for hydroxylation is 3. The van der Waals surface area contributed by atoms with Crippen LogP contribution in [0.1, 0.15) is 17.8 Å². The van der Waals surface area contributed by atoms with Crippen LogP contribution in [0.3, 0.4) is 0 Å². The van der Waals surface area contributed by atoms with Crippen LogP contribution < -0.4 is 11.1 Å². The van der Waals surface area contributed by atoms with Gasteiger partial charge in [-0.15, -0.1) is 0 Å². The Hall–Kier alpha value is -1.52. The van der Waals surface area contributed by atoms with Gasteiger partial charge in [-0.3, -0.25) is 4.68 Å². The van der Waals surface area contributed by atoms with E-state index in [0.29, 0.717) is 6.54 Å². The Bertz CT molecular complexity index is 319. The van der Waals surface area contributed by atoms with Crippen LogP contribution in [0.5, 0.6) is 0 Å². The summed E-state index contributed by atoms with van der Waals surface area (Å²) in [6, 6.07) is 1.56. The Morgan fingerprint density at radius 1 is 1.64 bits per heavy atom. The summed E-state index contributed by atoms with van der Waals surface area (Å²) < 4.78 is 1.93. The van der Waals surface area contributed by atoms with E-state index >= 15 is 0 Å². The lowest BCUT2D eigenvalue weighted by Crippen LogP contribution is -2.30. The van der Waals surface area contributed by atoms with E-state index in [0.717, 1.165) is 24.4 Å². The van der Waals surface area contributed by atoms with E-state index in [2.05, 4.69) is 10.4 Å². The number of carbonyl (C=O) groups is 1. The number of hydrogen-bond acceptors (Lipinski definition) is 2. The van der Waals surface area contributed by atoms with Gasteiger partial charge < -0.3 is 11.1 Å². The molecule has 78 valence electrons. The van der Waals surface area contributed by atoms with E-state index in [1.165, 1.54) is 0 Å². The molecule has 0 unspecified atom stereocenters. The summed E-state index contributed by atoms with van der Waals surface area (Å²) in [6.45, 7) is 5.38. The minimum atomic E-state index is -0.474. The number of nitrogens with zero attached hydrogens (tertiary/aromatic N) is 2. The monoisotopic (exact) mass is 196 g/mol. The number of primary amides is 1. The zero-order valence-corrected chi connectivity index (χ0v) is 8.58. The predicted molar refractivity (Wildman–Crippen MR) is 53.9 cm³/mol. The Morgan fingerprint density at radius 3 is 2.86 bits per heavy atom. The first-order valence-corrected chi connectivity index (χ1v) is 4.64. The van der Waals surface area contributed by atoms with E-state index in [1.807, 2.05) is 24.6 Å². The fourth-order valence-electron chi connectivity index (χ4n) is 1.34. The van der Waals surface area contributed by atoms with Crippen LogP contribution in [0.4, 0.5) is 4.79 Å². The van der Waals surface area contributed by atoms with Gasteiger partial charge in [-0.05, 0) is 26.3 Å². The summed E-state index contributed by atoms with van der Waals surface area (Å²) in [7, 11) is 0. The maximum Gasteiger partial charge on any atom is 0.312 e. The number of amides is 2. The minimum absolute atomic E-state index is 0.474. The van der Waals surface area contributed by atoms with Crippen molar-refractivity contribution in [2.24, 2.45) is 5.73 Å². The van der Waals surface area contributed by atoms with Crippen molar-refractivity contribution in [2.75, 3.05) is 6.54 Å². The fourth-order valence-corrected chi connectivity index (χ4v) is 1.34. The van der Waals surface area contributed by atoms with Gasteiger partial charge in [0.25, 0.3) is 0 Å². The van der Waals surface area contributed by atoms with Crippen LogP contribution in [0.15, 0.2) is 6.07 Å². The summed E-state index contributed by atoms with van der Waals surface area (Å²) in [6.07, 6.45) is 0.838. The van der Waals surface area contributed by atoms with E-state index in [1.54, 1.807) is 0 Å². The lowest BCUT2D eigenvalue weighted by atomic mass is 10.4. The average molecular weight is 196 g/mol. The highest BCUT2D eigenvalue weighted by Crippen LogP contribution is 2.01. The van der Waals surface area contributed by atoms with Gasteiger partial charge in [0.05, 0.1) is 5.69 Å². The second kappa shape index (κ2) is 4.64. The molecule has 2 amide bonds. The number of aromatic nitrogens is 2. The largest absolute Gasteiger partial charge is 0.352 e. The van der Waals surface area contributed by atoms with Crippen LogP contribution in [-0.2, 0) is 6.54 Å². The third kappa shape index (κ3) is 3.08. The first kappa shape index (κ1) is 10.6. The van der Waals surface area contributed by atoms with Gasteiger partial charge in [0.2, 0.25) is 0 Å². The first-order valence-electron chi connectivity index (χ1n) is 4.64. The van der Waals surface area contributed by atoms with E-state index in [9.17, 15) is 4.79 Å². The summed E-state index contributed by atoms with van der Waals surface area (Å²) in [5.74, 6) is 0. The molecule has 1 heterocycles. The molecule has 1 aromatic rings. The van der Waals surface area contributed by atoms with Crippen molar-refractivity contribution < 1.29 is 4.79 Å². The van der Waals surface area contributed by atoms with Crippen LogP contribution in [0.25, 0.3) is 0 Å². The maximum atomic E-state index is 10.4. The Morgan fingerprint density at radius 2 is 2.36 bits per heavy atom. The third-order valence-corrected chi connectivity index (χ3v) is 1.95. The molecule has 0 bridgehead atoms. The van der Waals surface area contributed by atoms with Crippen molar-refractivity contribution >= 4 is 6.03 Å². The minimum Gasteiger partial charge on any atom is -0.352 e. The number of rotatable bonds is 4. The SMILES string of the molecule is Cc1cc(C)n(CCCNC(N)=O)n1. The lowest BCUT2D eigenvalue weighted by molar-refractivity contribution is 0.248. The molecule has 3 N–H and O–H groups in total. The van der Waals surface area contributed by atoms with Crippen molar-refractivity contribution in [1.29, 1.82) is 0 Å². The standard InChI is InChI=1S/C9H16N4O/c1-7-6-8(2)13(12-7)5-3-4-11-9(10)14/h6H,3-5H2,1-2H3,(H3,10,11,14). The summed E-state index contributed by atoms with van der Waals surface area (Å²) >= 11 is 0. The van der Waals surface area contributed by atoms with Crippen molar-refractivity contribution in [3.63, 3.8) is 0 Å². The zero-order chi connectivity index (χ0) is 10.6. The normalized spacial score (nSPS) is 10.1. The first-order chi connectivity index (χ1) is 6.59. The summed E-state index contributed by atoms with van der Waals surface area (Å²) in [5, 5.41) is 6.84. The van der Waals surface area contributed by atoms with Crippen LogP contribution >= 0.6 is 0 Å². The molecule has 0 aliphatic carbocycles. The number of nitrogens with two attached hydrogens (primary N) is 1. The molecular formula is C9H16N4O. The van der Waals surface area contributed by atoms with E-state index in [-0.39, 0.29) is 0 Å². The Labute approximate surface area is 83.3 Å². The summed E-state index contributed by atoms with van der Waals surface area (Å²) in [5.41, 5.74) is 7.09. The molecular weight excluding hydrogens is 180 g/mol. The quantitative estimate of drug-likeness (QED) is 0.690. The van der Waals surface area contributed by atoms with Gasteiger partial charge in [0.1, 0.15) is 0 Å². The lowest BCUT2D eigenvalue weighted by Gasteiger charge is -2.04. The molecule has 0 aromatic carbocycles. The topological polar surface area (TPSA) is 72.9 Å². The average Bonchev–Trinajstić information content (AvgIpc) is 2.39. The van der Waals surface area contributed by atoms with E-state index in [4.69, 9.17) is 5.73 Å². The van der Waals surface area contributed by atoms with E-state index < -0.39 is 6.03 Å². The number of carbonyl (C=O) groups excluding carboxylic acids is 1. The molecule has 0 atom stereocenters. The van der Waals surface area contributed by atoms with Gasteiger partial charge >= 0.3 is 6.03 Å². The summed E-state index contributed by atoms with van der Waals surface area (Å²) in [4.78, 5) is 10.4. The molecule has 5 heteroatoms. The molecule has 1 rings (SSSR count). The van der Waals surface area contributed by atoms with Crippen molar-refractivity contribution in [2.45, 2.75) is 26.8 Å². The molecule has 0 saturated heterocycles. The maximum absolute atomic E-state index is 10.4. The highest BCUT2D eigenvalue weighted by molar-refractivity contribution is 5.71. The zero-order valence-electron chi connectivity index (χ0n) is 8.58. The molecule has 0 aliphatic rings. The second-order valence-corrected chi connectivity index (χ2v) is 3.29. The fraction of sp³-hybridized carbons (Fsp3) is 0.556. The molecule has 14 heavy (non-hydrogen) atoms. The van der Waals surface area contributed by atoms with Gasteiger partial charge in [0, 0.05) is 18.8 Å². The van der Waals surface area contributed by atoms with Crippen LogP contribution in [-0.4, -0.2) is 22.4 Å². The van der Waals surface area contributed by atoms with Gasteiger partial charge in [-0.25, -0.2) is 4.79 Å². The van der Waals surface area contributed by atoms with Gasteiger partial charge in [-0.1, -0.05) is 0 Å². The molecule has 0 spiro atoms.